The van der Waals surface area contributed by atoms with Crippen LogP contribution in [-0.4, -0.2) is 24.2 Å². The number of ether oxygens (including phenoxy) is 1. The number of aromatic nitrogens is 1. The van der Waals surface area contributed by atoms with Gasteiger partial charge < -0.3 is 15.8 Å². The summed E-state index contributed by atoms with van der Waals surface area (Å²) in [6.45, 7) is 5.93. The molecule has 1 aromatic heterocycles. The lowest BCUT2D eigenvalue weighted by Gasteiger charge is -2.18. The average molecular weight is 314 g/mol. The Morgan fingerprint density at radius 1 is 1.61 bits per heavy atom. The maximum absolute atomic E-state index is 5.81. The first-order chi connectivity index (χ1) is 8.63. The number of nitrogens with two attached hydrogens (primary N) is 1. The van der Waals surface area contributed by atoms with Gasteiger partial charge in [-0.2, -0.15) is 0 Å². The monoisotopic (exact) mass is 313 g/mol. The summed E-state index contributed by atoms with van der Waals surface area (Å²) in [4.78, 5) is 4.33. The van der Waals surface area contributed by atoms with E-state index in [1.807, 2.05) is 6.92 Å². The molecule has 1 aliphatic rings. The third-order valence-electron chi connectivity index (χ3n) is 3.58. The fraction of sp³-hybridized carbons (Fsp3) is 0.615. The van der Waals surface area contributed by atoms with Gasteiger partial charge in [-0.25, -0.2) is 4.98 Å². The second kappa shape index (κ2) is 5.89. The van der Waals surface area contributed by atoms with Crippen molar-refractivity contribution in [3.8, 4) is 0 Å². The normalized spacial score (nSPS) is 23.3. The van der Waals surface area contributed by atoms with Crippen molar-refractivity contribution in [2.75, 3.05) is 24.2 Å². The minimum Gasteiger partial charge on any atom is -0.397 e. The highest BCUT2D eigenvalue weighted by Gasteiger charge is 2.26. The first-order valence-corrected chi connectivity index (χ1v) is 7.18. The number of hydrogen-bond acceptors (Lipinski definition) is 4. The van der Waals surface area contributed by atoms with Gasteiger partial charge >= 0.3 is 0 Å². The summed E-state index contributed by atoms with van der Waals surface area (Å²) in [6.07, 6.45) is 4.27. The van der Waals surface area contributed by atoms with Crippen LogP contribution >= 0.6 is 15.9 Å². The summed E-state index contributed by atoms with van der Waals surface area (Å²) in [5.74, 6) is 1.44. The van der Waals surface area contributed by atoms with Gasteiger partial charge in [0, 0.05) is 19.1 Å². The SMILES string of the molecule is CCC1OCCC1CNc1ncc(N)c(C)c1Br. The number of anilines is 2. The highest BCUT2D eigenvalue weighted by molar-refractivity contribution is 9.10. The summed E-state index contributed by atoms with van der Waals surface area (Å²) in [6, 6.07) is 0. The molecule has 0 spiro atoms. The van der Waals surface area contributed by atoms with Crippen molar-refractivity contribution in [3.05, 3.63) is 16.2 Å². The van der Waals surface area contributed by atoms with Gasteiger partial charge in [0.1, 0.15) is 5.82 Å². The van der Waals surface area contributed by atoms with E-state index in [1.54, 1.807) is 6.20 Å². The zero-order valence-corrected chi connectivity index (χ0v) is 12.5. The van der Waals surface area contributed by atoms with Gasteiger partial charge in [-0.3, -0.25) is 0 Å². The molecule has 0 saturated carbocycles. The third-order valence-corrected chi connectivity index (χ3v) is 4.55. The summed E-state index contributed by atoms with van der Waals surface area (Å²) in [5.41, 5.74) is 7.55. The van der Waals surface area contributed by atoms with Crippen molar-refractivity contribution in [1.82, 2.24) is 4.98 Å². The molecule has 0 radical (unpaired) electrons. The van der Waals surface area contributed by atoms with Crippen LogP contribution < -0.4 is 11.1 Å². The first-order valence-electron chi connectivity index (χ1n) is 6.39. The predicted molar refractivity (Wildman–Crippen MR) is 77.7 cm³/mol. The van der Waals surface area contributed by atoms with Crippen molar-refractivity contribution in [1.29, 1.82) is 0 Å². The highest BCUT2D eigenvalue weighted by atomic mass is 79.9. The van der Waals surface area contributed by atoms with Crippen molar-refractivity contribution in [3.63, 3.8) is 0 Å². The van der Waals surface area contributed by atoms with Crippen LogP contribution in [0.4, 0.5) is 11.5 Å². The molecular weight excluding hydrogens is 294 g/mol. The Morgan fingerprint density at radius 3 is 3.11 bits per heavy atom. The Labute approximate surface area is 116 Å². The van der Waals surface area contributed by atoms with Crippen LogP contribution in [0.25, 0.3) is 0 Å². The second-order valence-electron chi connectivity index (χ2n) is 4.75. The van der Waals surface area contributed by atoms with Crippen LogP contribution in [-0.2, 0) is 4.74 Å². The first kappa shape index (κ1) is 13.6. The fourth-order valence-corrected chi connectivity index (χ4v) is 2.79. The molecule has 18 heavy (non-hydrogen) atoms. The second-order valence-corrected chi connectivity index (χ2v) is 5.54. The maximum atomic E-state index is 5.81. The summed E-state index contributed by atoms with van der Waals surface area (Å²) in [7, 11) is 0. The smallest absolute Gasteiger partial charge is 0.140 e. The lowest BCUT2D eigenvalue weighted by molar-refractivity contribution is 0.0900. The van der Waals surface area contributed by atoms with Gasteiger partial charge in [0.25, 0.3) is 0 Å². The van der Waals surface area contributed by atoms with Crippen molar-refractivity contribution >= 4 is 27.4 Å². The van der Waals surface area contributed by atoms with Crippen LogP contribution in [0.3, 0.4) is 0 Å². The Balaban J connectivity index is 2.00. The lowest BCUT2D eigenvalue weighted by atomic mass is 10.00. The fourth-order valence-electron chi connectivity index (χ4n) is 2.32. The summed E-state index contributed by atoms with van der Waals surface area (Å²) >= 11 is 3.54. The number of halogens is 1. The maximum Gasteiger partial charge on any atom is 0.140 e. The number of nitrogens with one attached hydrogen (secondary N) is 1. The molecule has 0 amide bonds. The molecule has 1 aromatic rings. The van der Waals surface area contributed by atoms with Crippen LogP contribution in [0.5, 0.6) is 0 Å². The van der Waals surface area contributed by atoms with Crippen molar-refractivity contribution in [2.24, 2.45) is 5.92 Å². The topological polar surface area (TPSA) is 60.2 Å². The molecule has 100 valence electrons. The molecule has 2 atom stereocenters. The molecule has 1 saturated heterocycles. The highest BCUT2D eigenvalue weighted by Crippen LogP contribution is 2.29. The Morgan fingerprint density at radius 2 is 2.39 bits per heavy atom. The standard InChI is InChI=1S/C13H20BrN3O/c1-3-11-9(4-5-18-11)6-16-13-12(14)8(2)10(15)7-17-13/h7,9,11H,3-6,15H2,1-2H3,(H,16,17). The molecule has 0 aliphatic carbocycles. The van der Waals surface area contributed by atoms with E-state index in [0.29, 0.717) is 17.7 Å². The number of hydrogen-bond donors (Lipinski definition) is 2. The quantitative estimate of drug-likeness (QED) is 0.897. The van der Waals surface area contributed by atoms with Gasteiger partial charge in [0.15, 0.2) is 0 Å². The minimum atomic E-state index is 0.381. The van der Waals surface area contributed by atoms with Gasteiger partial charge in [0.2, 0.25) is 0 Å². The Kier molecular flexibility index (Phi) is 4.45. The van der Waals surface area contributed by atoms with E-state index in [0.717, 1.165) is 41.8 Å². The number of nitrogens with zero attached hydrogens (tertiary/aromatic N) is 1. The predicted octanol–water partition coefficient (Wildman–Crippen LogP) is 2.96. The Hall–Kier alpha value is -0.810. The van der Waals surface area contributed by atoms with Crippen molar-refractivity contribution in [2.45, 2.75) is 32.8 Å². The molecule has 2 unspecified atom stereocenters. The van der Waals surface area contributed by atoms with E-state index in [9.17, 15) is 0 Å². The zero-order valence-electron chi connectivity index (χ0n) is 10.9. The zero-order chi connectivity index (χ0) is 13.1. The van der Waals surface area contributed by atoms with Gasteiger partial charge in [0.05, 0.1) is 22.5 Å². The van der Waals surface area contributed by atoms with Crippen LogP contribution in [0.2, 0.25) is 0 Å². The summed E-state index contributed by atoms with van der Waals surface area (Å²) in [5, 5.41) is 3.39. The molecule has 0 aromatic carbocycles. The van der Waals surface area contributed by atoms with Crippen LogP contribution in [0.15, 0.2) is 10.7 Å². The molecule has 4 nitrogen and oxygen atoms in total. The molecule has 3 N–H and O–H groups in total. The van der Waals surface area contributed by atoms with E-state index in [4.69, 9.17) is 10.5 Å². The van der Waals surface area contributed by atoms with Gasteiger partial charge in [-0.15, -0.1) is 0 Å². The van der Waals surface area contributed by atoms with E-state index < -0.39 is 0 Å². The van der Waals surface area contributed by atoms with E-state index in [2.05, 4.69) is 33.2 Å². The molecule has 5 heteroatoms. The van der Waals surface area contributed by atoms with E-state index in [1.165, 1.54) is 0 Å². The van der Waals surface area contributed by atoms with E-state index >= 15 is 0 Å². The molecule has 2 rings (SSSR count). The summed E-state index contributed by atoms with van der Waals surface area (Å²) < 4.78 is 6.64. The molecule has 1 aliphatic heterocycles. The average Bonchev–Trinajstić information content (AvgIpc) is 2.82. The van der Waals surface area contributed by atoms with Crippen LogP contribution in [0.1, 0.15) is 25.3 Å². The number of pyridine rings is 1. The number of rotatable bonds is 4. The lowest BCUT2D eigenvalue weighted by Crippen LogP contribution is -2.23. The molecule has 0 bridgehead atoms. The van der Waals surface area contributed by atoms with Gasteiger partial charge in [-0.1, -0.05) is 6.92 Å². The molecule has 2 heterocycles. The number of nitrogen functional groups attached to an aromatic ring is 1. The third kappa shape index (κ3) is 2.78. The van der Waals surface area contributed by atoms with Crippen LogP contribution in [0, 0.1) is 12.8 Å². The molecule has 1 fully saturated rings. The Bertz CT molecular complexity index is 425. The van der Waals surface area contributed by atoms with Crippen molar-refractivity contribution < 1.29 is 4.74 Å². The molecular formula is C13H20BrN3O. The van der Waals surface area contributed by atoms with Gasteiger partial charge in [-0.05, 0) is 41.3 Å². The largest absolute Gasteiger partial charge is 0.397 e. The van der Waals surface area contributed by atoms with E-state index in [-0.39, 0.29) is 0 Å². The minimum absolute atomic E-state index is 0.381.